The van der Waals surface area contributed by atoms with Crippen molar-refractivity contribution < 1.29 is 0 Å². The summed E-state index contributed by atoms with van der Waals surface area (Å²) in [6, 6.07) is 56.1. The first-order chi connectivity index (χ1) is 33.8. The Balaban J connectivity index is 1.47. The minimum absolute atomic E-state index is 0.00116. The van der Waals surface area contributed by atoms with Crippen LogP contribution in [0.1, 0.15) is 132 Å². The molecule has 0 saturated carbocycles. The monoisotopic (exact) mass is 946 g/mol. The van der Waals surface area contributed by atoms with Gasteiger partial charge in [-0.05, 0) is 150 Å². The molecule has 2 aliphatic heterocycles. The molecule has 0 aliphatic carbocycles. The van der Waals surface area contributed by atoms with Gasteiger partial charge in [-0.1, -0.05) is 208 Å². The number of nitrogens with zero attached hydrogens (tertiary/aromatic N) is 3. The predicted octanol–water partition coefficient (Wildman–Crippen LogP) is 17.3. The van der Waals surface area contributed by atoms with Crippen molar-refractivity contribution in [3.63, 3.8) is 0 Å². The minimum Gasteiger partial charge on any atom is -0.311 e. The van der Waals surface area contributed by atoms with E-state index in [1.807, 2.05) is 12.2 Å². The lowest BCUT2D eigenvalue weighted by Crippen LogP contribution is -2.61. The summed E-state index contributed by atoms with van der Waals surface area (Å²) in [4.78, 5) is 7.49. The third-order valence-electron chi connectivity index (χ3n) is 15.0. The van der Waals surface area contributed by atoms with E-state index in [9.17, 15) is 0 Å². The van der Waals surface area contributed by atoms with Gasteiger partial charge in [-0.25, -0.2) is 0 Å². The number of allylic oxidation sites excluding steroid dienone is 3. The Hall–Kier alpha value is -6.78. The molecule has 0 unspecified atom stereocenters. The summed E-state index contributed by atoms with van der Waals surface area (Å²) in [7, 11) is 0. The molecule has 0 fully saturated rings. The van der Waals surface area contributed by atoms with Gasteiger partial charge >= 0.3 is 0 Å². The fourth-order valence-corrected chi connectivity index (χ4v) is 10.7. The smallest absolute Gasteiger partial charge is 0.252 e. The van der Waals surface area contributed by atoms with Crippen molar-refractivity contribution in [3.05, 3.63) is 210 Å². The molecule has 0 radical (unpaired) electrons. The van der Waals surface area contributed by atoms with Crippen molar-refractivity contribution in [2.24, 2.45) is 0 Å². The highest BCUT2D eigenvalue weighted by Crippen LogP contribution is 2.50. The van der Waals surface area contributed by atoms with Crippen LogP contribution in [0.3, 0.4) is 0 Å². The van der Waals surface area contributed by atoms with E-state index in [1.54, 1.807) is 0 Å². The van der Waals surface area contributed by atoms with Crippen LogP contribution in [-0.4, -0.2) is 6.71 Å². The van der Waals surface area contributed by atoms with Crippen LogP contribution >= 0.6 is 0 Å². The second-order valence-electron chi connectivity index (χ2n) is 25.4. The van der Waals surface area contributed by atoms with Crippen molar-refractivity contribution in [1.29, 1.82) is 0 Å². The molecule has 0 atom stereocenters. The SMILES string of the molecule is C=C/C=C(\C=C)N(c1ccccc1)c1cc2c3c(c1)N(c1ccc(C(C)(C)C)cc1-c1ccc(C(C)(C)C)cc1)c1ccc(C(C)(C)C)cc1B3c1cc(C(C)(C)C)ccc1N2c1ccc(C(C)(C)C)cc1. The summed E-state index contributed by atoms with van der Waals surface area (Å²) >= 11 is 0. The molecule has 4 heteroatoms. The molecule has 7 aromatic rings. The molecule has 0 bridgehead atoms. The Morgan fingerprint density at radius 1 is 0.431 bits per heavy atom. The van der Waals surface area contributed by atoms with Crippen LogP contribution in [0.2, 0.25) is 0 Å². The molecule has 0 N–H and O–H groups in total. The van der Waals surface area contributed by atoms with Crippen molar-refractivity contribution in [3.8, 4) is 11.1 Å². The highest BCUT2D eigenvalue weighted by Gasteiger charge is 2.45. The maximum absolute atomic E-state index is 4.39. The molecule has 7 aromatic carbocycles. The van der Waals surface area contributed by atoms with E-state index >= 15 is 0 Å². The van der Waals surface area contributed by atoms with Crippen molar-refractivity contribution in [1.82, 2.24) is 0 Å². The zero-order valence-electron chi connectivity index (χ0n) is 45.9. The first kappa shape index (κ1) is 50.2. The molecule has 2 aliphatic rings. The summed E-state index contributed by atoms with van der Waals surface area (Å²) in [6.45, 7) is 43.3. The highest BCUT2D eigenvalue weighted by atomic mass is 15.2. The van der Waals surface area contributed by atoms with E-state index in [0.29, 0.717) is 0 Å². The number of fused-ring (bicyclic) bond motifs is 4. The number of para-hydroxylation sites is 1. The molecule has 9 rings (SSSR count). The van der Waals surface area contributed by atoms with Gasteiger partial charge in [0, 0.05) is 45.4 Å². The number of benzene rings is 7. The van der Waals surface area contributed by atoms with Gasteiger partial charge < -0.3 is 14.7 Å². The molecular formula is C68H76BN3. The highest BCUT2D eigenvalue weighted by molar-refractivity contribution is 7.00. The third-order valence-corrected chi connectivity index (χ3v) is 15.0. The van der Waals surface area contributed by atoms with Crippen LogP contribution in [0.5, 0.6) is 0 Å². The molecular weight excluding hydrogens is 870 g/mol. The van der Waals surface area contributed by atoms with Crippen molar-refractivity contribution in [2.75, 3.05) is 14.7 Å². The van der Waals surface area contributed by atoms with Gasteiger partial charge in [0.2, 0.25) is 0 Å². The van der Waals surface area contributed by atoms with Gasteiger partial charge in [0.1, 0.15) is 0 Å². The summed E-state index contributed by atoms with van der Waals surface area (Å²) < 4.78 is 0. The average molecular weight is 946 g/mol. The molecule has 0 aromatic heterocycles. The Morgan fingerprint density at radius 3 is 1.33 bits per heavy atom. The zero-order chi connectivity index (χ0) is 51.9. The van der Waals surface area contributed by atoms with Gasteiger partial charge in [-0.15, -0.1) is 0 Å². The lowest BCUT2D eigenvalue weighted by Gasteiger charge is -2.46. The molecule has 0 saturated heterocycles. The van der Waals surface area contributed by atoms with Crippen LogP contribution in [0.4, 0.5) is 45.5 Å². The van der Waals surface area contributed by atoms with E-state index in [4.69, 9.17) is 0 Å². The predicted molar refractivity (Wildman–Crippen MR) is 316 cm³/mol. The van der Waals surface area contributed by atoms with E-state index in [-0.39, 0.29) is 33.8 Å². The molecule has 2 heterocycles. The van der Waals surface area contributed by atoms with Crippen LogP contribution in [0.15, 0.2) is 183 Å². The standard InChI is InChI=1S/C68H76BN3/c1-18-23-51(19-2)70(52-24-21-20-22-25-52)54-43-61-63-62(44-54)72(58-37-32-48(66(9,10)11)40-55(58)45-26-28-46(29-27-45)64(3,4)5)60-39-34-50(68(15,16)17)42-57(60)69(63)56-41-49(67(12,13)14)33-38-59(56)71(61)53-35-30-47(31-36-53)65(6,7)8/h18-44H,1-2H2,3-17H3/b51-23+. The normalized spacial score (nSPS) is 13.9. The summed E-state index contributed by atoms with van der Waals surface area (Å²) in [5, 5.41) is 0. The summed E-state index contributed by atoms with van der Waals surface area (Å²) in [5.41, 5.74) is 22.6. The minimum atomic E-state index is -0.0819. The van der Waals surface area contributed by atoms with Crippen LogP contribution in [0.25, 0.3) is 11.1 Å². The second kappa shape index (κ2) is 18.1. The van der Waals surface area contributed by atoms with Crippen LogP contribution in [0, 0.1) is 0 Å². The van der Waals surface area contributed by atoms with Gasteiger partial charge in [0.15, 0.2) is 0 Å². The largest absolute Gasteiger partial charge is 0.311 e. The van der Waals surface area contributed by atoms with Crippen molar-refractivity contribution in [2.45, 2.75) is 131 Å². The number of hydrogen-bond acceptors (Lipinski definition) is 3. The second-order valence-corrected chi connectivity index (χ2v) is 25.4. The van der Waals surface area contributed by atoms with E-state index in [1.165, 1.54) is 66.7 Å². The van der Waals surface area contributed by atoms with Crippen molar-refractivity contribution >= 4 is 68.6 Å². The summed E-state index contributed by atoms with van der Waals surface area (Å²) in [6.07, 6.45) is 5.87. The maximum atomic E-state index is 4.39. The fourth-order valence-electron chi connectivity index (χ4n) is 10.7. The zero-order valence-corrected chi connectivity index (χ0v) is 45.9. The third kappa shape index (κ3) is 9.19. The van der Waals surface area contributed by atoms with Gasteiger partial charge in [0.25, 0.3) is 6.71 Å². The Bertz CT molecular complexity index is 3230. The number of hydrogen-bond donors (Lipinski definition) is 0. The van der Waals surface area contributed by atoms with E-state index < -0.39 is 0 Å². The fraction of sp³-hybridized carbons (Fsp3) is 0.294. The van der Waals surface area contributed by atoms with Crippen LogP contribution in [-0.2, 0) is 27.1 Å². The summed E-state index contributed by atoms with van der Waals surface area (Å²) in [5.74, 6) is 0. The molecule has 72 heavy (non-hydrogen) atoms. The topological polar surface area (TPSA) is 9.72 Å². The maximum Gasteiger partial charge on any atom is 0.252 e. The molecule has 0 amide bonds. The lowest BCUT2D eigenvalue weighted by molar-refractivity contribution is 0.590. The molecule has 0 spiro atoms. The Kier molecular flexibility index (Phi) is 12.6. The number of anilines is 8. The van der Waals surface area contributed by atoms with Gasteiger partial charge in [-0.3, -0.25) is 0 Å². The first-order valence-corrected chi connectivity index (χ1v) is 26.0. The number of rotatable bonds is 8. The van der Waals surface area contributed by atoms with E-state index in [2.05, 4.69) is 283 Å². The molecule has 3 nitrogen and oxygen atoms in total. The van der Waals surface area contributed by atoms with E-state index in [0.717, 1.165) is 39.8 Å². The quantitative estimate of drug-likeness (QED) is 0.111. The van der Waals surface area contributed by atoms with Gasteiger partial charge in [0.05, 0.1) is 11.4 Å². The first-order valence-electron chi connectivity index (χ1n) is 26.0. The Morgan fingerprint density at radius 2 is 0.861 bits per heavy atom. The average Bonchev–Trinajstić information content (AvgIpc) is 3.32. The van der Waals surface area contributed by atoms with Crippen LogP contribution < -0.4 is 31.1 Å². The Labute approximate surface area is 433 Å². The lowest BCUT2D eigenvalue weighted by atomic mass is 9.33. The van der Waals surface area contributed by atoms with Gasteiger partial charge in [-0.2, -0.15) is 0 Å². The molecule has 366 valence electrons.